The highest BCUT2D eigenvalue weighted by Gasteiger charge is 1.99. The molecule has 0 aromatic rings. The van der Waals surface area contributed by atoms with Crippen molar-refractivity contribution in [2.45, 2.75) is 26.2 Å². The molecule has 0 radical (unpaired) electrons. The van der Waals surface area contributed by atoms with Crippen LogP contribution in [0.5, 0.6) is 0 Å². The molecular weight excluding hydrogens is 140 g/mol. The van der Waals surface area contributed by atoms with Crippen LogP contribution in [0.25, 0.3) is 0 Å². The van der Waals surface area contributed by atoms with Gasteiger partial charge in [-0.1, -0.05) is 19.8 Å². The molecule has 4 N–H and O–H groups in total. The number of nitrogens with one attached hydrogen (secondary N) is 2. The Hall–Kier alpha value is -0.770. The van der Waals surface area contributed by atoms with E-state index in [1.165, 1.54) is 12.8 Å². The van der Waals surface area contributed by atoms with Crippen molar-refractivity contribution in [3.63, 3.8) is 0 Å². The Balaban J connectivity index is 3.36. The molecule has 0 aliphatic heterocycles. The summed E-state index contributed by atoms with van der Waals surface area (Å²) >= 11 is 0. The van der Waals surface area contributed by atoms with Crippen molar-refractivity contribution in [1.29, 1.82) is 5.41 Å². The number of nitrogens with zero attached hydrogens (tertiary/aromatic N) is 1. The van der Waals surface area contributed by atoms with E-state index in [0.29, 0.717) is 0 Å². The molecule has 0 fully saturated rings. The molecule has 0 saturated heterocycles. The van der Waals surface area contributed by atoms with Crippen LogP contribution in [0.3, 0.4) is 0 Å². The minimum atomic E-state index is 0.279. The van der Waals surface area contributed by atoms with Gasteiger partial charge in [0.05, 0.1) is 0 Å². The number of guanidine groups is 1. The van der Waals surface area contributed by atoms with Crippen molar-refractivity contribution in [1.82, 2.24) is 10.3 Å². The maximum atomic E-state index is 7.27. The molecule has 0 spiro atoms. The van der Waals surface area contributed by atoms with Crippen LogP contribution in [-0.4, -0.2) is 24.5 Å². The topological polar surface area (TPSA) is 65.1 Å². The zero-order valence-corrected chi connectivity index (χ0v) is 7.35. The molecule has 0 aromatic heterocycles. The number of hydrazine groups is 1. The van der Waals surface area contributed by atoms with E-state index in [4.69, 9.17) is 11.3 Å². The molecule has 11 heavy (non-hydrogen) atoms. The van der Waals surface area contributed by atoms with Gasteiger partial charge in [-0.3, -0.25) is 10.8 Å². The summed E-state index contributed by atoms with van der Waals surface area (Å²) in [5.41, 5.74) is 2.30. The Bertz CT molecular complexity index is 113. The molecule has 0 bridgehead atoms. The average Bonchev–Trinajstić information content (AvgIpc) is 2.03. The van der Waals surface area contributed by atoms with Gasteiger partial charge in [0.1, 0.15) is 0 Å². The summed E-state index contributed by atoms with van der Waals surface area (Å²) in [6.07, 6.45) is 3.54. The van der Waals surface area contributed by atoms with E-state index in [2.05, 4.69) is 12.3 Å². The van der Waals surface area contributed by atoms with Gasteiger partial charge in [0.25, 0.3) is 0 Å². The lowest BCUT2D eigenvalue weighted by Gasteiger charge is -2.18. The van der Waals surface area contributed by atoms with Crippen LogP contribution in [-0.2, 0) is 0 Å². The Kier molecular flexibility index (Phi) is 5.56. The SMILES string of the molecule is CCCCCN(C)C(=N)NN. The van der Waals surface area contributed by atoms with Crippen molar-refractivity contribution >= 4 is 5.96 Å². The lowest BCUT2D eigenvalue weighted by atomic mass is 10.2. The molecular formula is C7H18N4. The Morgan fingerprint density at radius 3 is 2.64 bits per heavy atom. The van der Waals surface area contributed by atoms with Crippen LogP contribution in [0, 0.1) is 5.41 Å². The van der Waals surface area contributed by atoms with Crippen molar-refractivity contribution in [3.05, 3.63) is 0 Å². The normalized spacial score (nSPS) is 9.36. The second kappa shape index (κ2) is 5.97. The first-order valence-electron chi connectivity index (χ1n) is 3.98. The highest BCUT2D eigenvalue weighted by atomic mass is 15.4. The van der Waals surface area contributed by atoms with Crippen LogP contribution in [0.2, 0.25) is 0 Å². The maximum absolute atomic E-state index is 7.27. The third kappa shape index (κ3) is 4.61. The first kappa shape index (κ1) is 10.2. The van der Waals surface area contributed by atoms with E-state index < -0.39 is 0 Å². The summed E-state index contributed by atoms with van der Waals surface area (Å²) in [7, 11) is 1.86. The summed E-state index contributed by atoms with van der Waals surface area (Å²) in [4.78, 5) is 1.80. The predicted molar refractivity (Wildman–Crippen MR) is 47.2 cm³/mol. The standard InChI is InChI=1S/C7H18N4/c1-3-4-5-6-11(2)7(8)10-9/h3-6,9H2,1-2H3,(H2,8,10). The minimum absolute atomic E-state index is 0.279. The number of hydrogen-bond acceptors (Lipinski definition) is 2. The molecule has 0 aliphatic rings. The van der Waals surface area contributed by atoms with Gasteiger partial charge >= 0.3 is 0 Å². The van der Waals surface area contributed by atoms with Crippen LogP contribution >= 0.6 is 0 Å². The Labute approximate surface area is 68.2 Å². The van der Waals surface area contributed by atoms with Crippen LogP contribution in [0.15, 0.2) is 0 Å². The highest BCUT2D eigenvalue weighted by Crippen LogP contribution is 1.95. The monoisotopic (exact) mass is 158 g/mol. The third-order valence-corrected chi connectivity index (χ3v) is 1.62. The molecule has 0 atom stereocenters. The molecule has 0 unspecified atom stereocenters. The smallest absolute Gasteiger partial charge is 0.205 e. The highest BCUT2D eigenvalue weighted by molar-refractivity contribution is 5.75. The lowest BCUT2D eigenvalue weighted by molar-refractivity contribution is 0.457. The van der Waals surface area contributed by atoms with Crippen molar-refractivity contribution in [2.75, 3.05) is 13.6 Å². The number of unbranched alkanes of at least 4 members (excludes halogenated alkanes) is 2. The van der Waals surface area contributed by atoms with E-state index >= 15 is 0 Å². The molecule has 0 rings (SSSR count). The summed E-state index contributed by atoms with van der Waals surface area (Å²) < 4.78 is 0. The summed E-state index contributed by atoms with van der Waals surface area (Å²) in [5, 5.41) is 7.27. The fraction of sp³-hybridized carbons (Fsp3) is 0.857. The molecule has 0 aromatic carbocycles. The maximum Gasteiger partial charge on any atom is 0.205 e. The number of rotatable bonds is 4. The molecule has 4 nitrogen and oxygen atoms in total. The second-order valence-electron chi connectivity index (χ2n) is 2.62. The summed E-state index contributed by atoms with van der Waals surface area (Å²) in [5.74, 6) is 5.34. The third-order valence-electron chi connectivity index (χ3n) is 1.62. The van der Waals surface area contributed by atoms with E-state index in [9.17, 15) is 0 Å². The van der Waals surface area contributed by atoms with Gasteiger partial charge in [0.2, 0.25) is 5.96 Å². The van der Waals surface area contributed by atoms with Crippen molar-refractivity contribution < 1.29 is 0 Å². The molecule has 0 saturated carbocycles. The first-order chi connectivity index (χ1) is 5.22. The number of nitrogens with two attached hydrogens (primary N) is 1. The number of hydrogen-bond donors (Lipinski definition) is 3. The van der Waals surface area contributed by atoms with Gasteiger partial charge in [-0.15, -0.1) is 0 Å². The van der Waals surface area contributed by atoms with E-state index in [0.717, 1.165) is 13.0 Å². The zero-order chi connectivity index (χ0) is 8.69. The van der Waals surface area contributed by atoms with Crippen LogP contribution < -0.4 is 11.3 Å². The lowest BCUT2D eigenvalue weighted by Crippen LogP contribution is -2.42. The molecule has 66 valence electrons. The fourth-order valence-corrected chi connectivity index (χ4v) is 0.821. The molecule has 0 aliphatic carbocycles. The second-order valence-corrected chi connectivity index (χ2v) is 2.62. The summed E-state index contributed by atoms with van der Waals surface area (Å²) in [6, 6.07) is 0. The van der Waals surface area contributed by atoms with E-state index in [-0.39, 0.29) is 5.96 Å². The fourth-order valence-electron chi connectivity index (χ4n) is 0.821. The predicted octanol–water partition coefficient (Wildman–Crippen LogP) is 0.506. The Morgan fingerprint density at radius 2 is 2.18 bits per heavy atom. The largest absolute Gasteiger partial charge is 0.345 e. The zero-order valence-electron chi connectivity index (χ0n) is 7.35. The summed E-state index contributed by atoms with van der Waals surface area (Å²) in [6.45, 7) is 3.06. The average molecular weight is 158 g/mol. The van der Waals surface area contributed by atoms with E-state index in [1.54, 1.807) is 4.90 Å². The van der Waals surface area contributed by atoms with Crippen LogP contribution in [0.4, 0.5) is 0 Å². The van der Waals surface area contributed by atoms with Gasteiger partial charge in [0, 0.05) is 13.6 Å². The molecule has 0 amide bonds. The Morgan fingerprint density at radius 1 is 1.55 bits per heavy atom. The van der Waals surface area contributed by atoms with Gasteiger partial charge in [-0.25, -0.2) is 5.84 Å². The van der Waals surface area contributed by atoms with Crippen molar-refractivity contribution in [3.8, 4) is 0 Å². The minimum Gasteiger partial charge on any atom is -0.345 e. The quantitative estimate of drug-likeness (QED) is 0.184. The van der Waals surface area contributed by atoms with Gasteiger partial charge in [-0.05, 0) is 6.42 Å². The molecule has 4 heteroatoms. The van der Waals surface area contributed by atoms with Gasteiger partial charge in [-0.2, -0.15) is 0 Å². The van der Waals surface area contributed by atoms with Crippen LogP contribution in [0.1, 0.15) is 26.2 Å². The van der Waals surface area contributed by atoms with Crippen molar-refractivity contribution in [2.24, 2.45) is 5.84 Å². The van der Waals surface area contributed by atoms with Gasteiger partial charge in [0.15, 0.2) is 0 Å². The van der Waals surface area contributed by atoms with Gasteiger partial charge < -0.3 is 4.90 Å². The molecule has 0 heterocycles. The first-order valence-corrected chi connectivity index (χ1v) is 3.98. The van der Waals surface area contributed by atoms with E-state index in [1.807, 2.05) is 7.05 Å².